The van der Waals surface area contributed by atoms with Gasteiger partial charge in [0.25, 0.3) is 0 Å². The Bertz CT molecular complexity index is 4400. The van der Waals surface area contributed by atoms with Gasteiger partial charge < -0.3 is 13.8 Å². The van der Waals surface area contributed by atoms with Crippen LogP contribution in [0.1, 0.15) is 105 Å². The topological polar surface area (TPSA) is 21.3 Å². The van der Waals surface area contributed by atoms with Gasteiger partial charge in [-0.05, 0) is 153 Å². The van der Waals surface area contributed by atoms with Crippen LogP contribution in [0, 0.1) is 0 Å². The molecule has 0 saturated carbocycles. The summed E-state index contributed by atoms with van der Waals surface area (Å²) >= 11 is 0. The van der Waals surface area contributed by atoms with Crippen molar-refractivity contribution in [3.63, 3.8) is 0 Å². The number of nitrogens with zero attached hydrogens (tertiary/aromatic N) is 2. The molecule has 0 unspecified atom stereocenters. The monoisotopic (exact) mass is 985 g/mol. The first kappa shape index (κ1) is 46.7. The van der Waals surface area contributed by atoms with E-state index in [0.29, 0.717) is 0 Å². The summed E-state index contributed by atoms with van der Waals surface area (Å²) in [5.41, 5.74) is 22.7. The third-order valence-corrected chi connectivity index (χ3v) is 17.1. The number of fused-ring (bicyclic) bond motifs is 13. The van der Waals surface area contributed by atoms with Gasteiger partial charge in [0, 0.05) is 60.8 Å². The van der Waals surface area contributed by atoms with E-state index >= 15 is 0 Å². The summed E-state index contributed by atoms with van der Waals surface area (Å²) < 4.78 is 10.1. The fourth-order valence-electron chi connectivity index (χ4n) is 13.0. The highest BCUT2D eigenvalue weighted by atomic mass is 16.3. The first-order valence-corrected chi connectivity index (χ1v) is 27.4. The van der Waals surface area contributed by atoms with Crippen molar-refractivity contribution in [2.45, 2.75) is 105 Å². The van der Waals surface area contributed by atoms with Crippen molar-refractivity contribution in [1.29, 1.82) is 0 Å². The lowest BCUT2D eigenvalue weighted by molar-refractivity contribution is 0.569. The Labute approximate surface area is 447 Å². The maximum atomic E-state index is 7.32. The van der Waals surface area contributed by atoms with Crippen molar-refractivity contribution in [3.8, 4) is 33.4 Å². The molecule has 0 saturated heterocycles. The Morgan fingerprint density at radius 2 is 0.895 bits per heavy atom. The van der Waals surface area contributed by atoms with Crippen LogP contribution in [0.2, 0.25) is 0 Å². The van der Waals surface area contributed by atoms with E-state index in [1.807, 2.05) is 0 Å². The second-order valence-corrected chi connectivity index (χ2v) is 26.2. The molecule has 2 aliphatic heterocycles. The Morgan fingerprint density at radius 3 is 1.49 bits per heavy atom. The van der Waals surface area contributed by atoms with E-state index in [1.165, 1.54) is 127 Å². The molecule has 14 rings (SSSR count). The van der Waals surface area contributed by atoms with Crippen LogP contribution in [0.25, 0.3) is 98.7 Å². The molecule has 0 amide bonds. The molecule has 0 fully saturated rings. The normalized spacial score (nSPS) is 13.7. The summed E-state index contributed by atoms with van der Waals surface area (Å²) in [6.07, 6.45) is 0. The van der Waals surface area contributed by atoms with E-state index in [0.717, 1.165) is 21.9 Å². The lowest BCUT2D eigenvalue weighted by atomic mass is 9.44. The number of aromatic nitrogens is 1. The van der Waals surface area contributed by atoms with Gasteiger partial charge in [-0.2, -0.15) is 0 Å². The summed E-state index contributed by atoms with van der Waals surface area (Å²) in [7, 11) is 0. The van der Waals surface area contributed by atoms with E-state index < -0.39 is 0 Å². The molecule has 0 spiro atoms. The van der Waals surface area contributed by atoms with Crippen LogP contribution in [0.3, 0.4) is 0 Å². The number of hydrogen-bond acceptors (Lipinski definition) is 2. The van der Waals surface area contributed by atoms with Gasteiger partial charge in [-0.15, -0.1) is 0 Å². The number of rotatable bonds is 3. The lowest BCUT2D eigenvalue weighted by Crippen LogP contribution is -2.56. The van der Waals surface area contributed by atoms with Crippen molar-refractivity contribution in [1.82, 2.24) is 4.48 Å². The minimum atomic E-state index is -0.213. The standard InChI is InChI=1S/C72H65BN2O/c1-69(2,3)44-31-32-59-52(36-44)55-37-47(72(10,11)12)38-57-65-66-61(41-56-49-27-21-22-30-62(49)76-68(56)65)74(48-34-45(70(4,5)6)33-46(35-48)71(7,8)9)60-40-54-53(39-58(60)73(66)75(59)67(55)57)63(42-23-15-13-16-24-42)50-28-19-20-29-51(50)64(54)43-25-17-14-18-26-43/h13-41H,1-12H3. The second-order valence-electron chi connectivity index (χ2n) is 26.2. The molecule has 76 heavy (non-hydrogen) atoms. The van der Waals surface area contributed by atoms with E-state index in [9.17, 15) is 0 Å². The zero-order valence-electron chi connectivity index (χ0n) is 46.1. The van der Waals surface area contributed by atoms with Crippen molar-refractivity contribution >= 4 is 100 Å². The highest BCUT2D eigenvalue weighted by Gasteiger charge is 2.46. The number of benzene rings is 10. The lowest BCUT2D eigenvalue weighted by Gasteiger charge is -2.42. The summed E-state index contributed by atoms with van der Waals surface area (Å²) in [6.45, 7) is 28.0. The van der Waals surface area contributed by atoms with Crippen molar-refractivity contribution in [2.24, 2.45) is 0 Å². The predicted molar refractivity (Wildman–Crippen MR) is 328 cm³/mol. The maximum absolute atomic E-state index is 7.32. The van der Waals surface area contributed by atoms with Crippen LogP contribution in [0.15, 0.2) is 180 Å². The van der Waals surface area contributed by atoms with Crippen LogP contribution in [0.5, 0.6) is 0 Å². The first-order chi connectivity index (χ1) is 36.2. The van der Waals surface area contributed by atoms with Gasteiger partial charge in [0.2, 0.25) is 0 Å². The van der Waals surface area contributed by atoms with Gasteiger partial charge in [0.15, 0.2) is 0 Å². The Balaban J connectivity index is 1.25. The zero-order chi connectivity index (χ0) is 52.5. The van der Waals surface area contributed by atoms with E-state index in [1.54, 1.807) is 0 Å². The summed E-state index contributed by atoms with van der Waals surface area (Å²) in [6, 6.07) is 67.5. The number of anilines is 3. The first-order valence-electron chi connectivity index (χ1n) is 27.4. The molecular formula is C72H65BN2O. The Hall–Kier alpha value is -7.82. The second kappa shape index (κ2) is 15.9. The van der Waals surface area contributed by atoms with E-state index in [4.69, 9.17) is 4.42 Å². The minimum Gasteiger partial charge on any atom is -0.455 e. The van der Waals surface area contributed by atoms with Crippen LogP contribution >= 0.6 is 0 Å². The van der Waals surface area contributed by atoms with Gasteiger partial charge >= 0.3 is 6.85 Å². The van der Waals surface area contributed by atoms with Crippen LogP contribution in [-0.2, 0) is 21.7 Å². The average molecular weight is 985 g/mol. The Morgan fingerprint density at radius 1 is 0.382 bits per heavy atom. The molecular weight excluding hydrogens is 920 g/mol. The fraction of sp³-hybridized carbons (Fsp3) is 0.222. The molecule has 10 aromatic carbocycles. The van der Waals surface area contributed by atoms with Crippen LogP contribution < -0.4 is 15.8 Å². The molecule has 2 aliphatic rings. The zero-order valence-corrected chi connectivity index (χ0v) is 46.1. The van der Waals surface area contributed by atoms with Gasteiger partial charge in [-0.1, -0.05) is 204 Å². The van der Waals surface area contributed by atoms with Gasteiger partial charge in [0.05, 0.1) is 0 Å². The minimum absolute atomic E-state index is 0.0404. The SMILES string of the molecule is CC(C)(C)c1cc(N2c3cc4c(-c5ccccc5)c5ccccc5c(-c5ccccc5)c4cc3B3c4c2cc2c(oc5ccccc52)c4-c2cc(C(C)(C)C)cc4c5cc(C(C)(C)C)ccc5n3c24)cc(C(C)(C)C)c1. The molecule has 3 nitrogen and oxygen atoms in total. The van der Waals surface area contributed by atoms with E-state index in [-0.39, 0.29) is 28.5 Å². The van der Waals surface area contributed by atoms with E-state index in [2.05, 4.69) is 268 Å². The Kier molecular flexibility index (Phi) is 9.75. The van der Waals surface area contributed by atoms with Gasteiger partial charge in [0.1, 0.15) is 11.2 Å². The predicted octanol–water partition coefficient (Wildman–Crippen LogP) is 18.9. The summed E-state index contributed by atoms with van der Waals surface area (Å²) in [5.74, 6) is 0. The smallest absolute Gasteiger partial charge is 0.333 e. The third-order valence-electron chi connectivity index (χ3n) is 17.1. The molecule has 0 atom stereocenters. The fourth-order valence-corrected chi connectivity index (χ4v) is 13.0. The molecule has 0 N–H and O–H groups in total. The molecule has 2 aromatic heterocycles. The molecule has 4 heteroatoms. The van der Waals surface area contributed by atoms with Gasteiger partial charge in [-0.3, -0.25) is 0 Å². The highest BCUT2D eigenvalue weighted by Crippen LogP contribution is 2.53. The maximum Gasteiger partial charge on any atom is 0.333 e. The molecule has 0 aliphatic carbocycles. The molecule has 0 bridgehead atoms. The summed E-state index contributed by atoms with van der Waals surface area (Å²) in [5, 5.41) is 9.83. The van der Waals surface area contributed by atoms with Gasteiger partial charge in [-0.25, -0.2) is 0 Å². The average Bonchev–Trinajstić information content (AvgIpc) is 3.51. The number of furan rings is 1. The number of hydrogen-bond donors (Lipinski definition) is 0. The largest absolute Gasteiger partial charge is 0.455 e. The van der Waals surface area contributed by atoms with Crippen molar-refractivity contribution in [2.75, 3.05) is 4.90 Å². The number of para-hydroxylation sites is 1. The van der Waals surface area contributed by atoms with Crippen LogP contribution in [0.4, 0.5) is 17.1 Å². The van der Waals surface area contributed by atoms with Crippen molar-refractivity contribution in [3.05, 3.63) is 198 Å². The molecule has 4 heterocycles. The van der Waals surface area contributed by atoms with Crippen LogP contribution in [-0.4, -0.2) is 11.3 Å². The molecule has 12 aromatic rings. The quantitative estimate of drug-likeness (QED) is 0.130. The highest BCUT2D eigenvalue weighted by molar-refractivity contribution is 6.90. The van der Waals surface area contributed by atoms with Crippen molar-refractivity contribution < 1.29 is 4.42 Å². The molecule has 372 valence electrons. The molecule has 0 radical (unpaired) electrons. The summed E-state index contributed by atoms with van der Waals surface area (Å²) in [4.78, 5) is 2.67. The third kappa shape index (κ3) is 6.81.